The van der Waals surface area contributed by atoms with Crippen LogP contribution in [0.3, 0.4) is 0 Å². The summed E-state index contributed by atoms with van der Waals surface area (Å²) in [6.07, 6.45) is 20.9. The number of carboxylic acids is 2. The zero-order valence-corrected chi connectivity index (χ0v) is 87.4. The second kappa shape index (κ2) is 68.2. The molecule has 8 aromatic rings. The van der Waals surface area contributed by atoms with Crippen LogP contribution in [0.4, 0.5) is 0 Å². The Bertz CT molecular complexity index is 4430. The number of esters is 2. The van der Waals surface area contributed by atoms with Gasteiger partial charge in [0.25, 0.3) is 0 Å². The van der Waals surface area contributed by atoms with E-state index in [1.807, 2.05) is 227 Å². The zero-order chi connectivity index (χ0) is 101. The molecular weight excluding hydrogens is 1960 g/mol. The van der Waals surface area contributed by atoms with E-state index in [4.69, 9.17) is 9.47 Å². The molecular formula is C106H156GdN24O12. The number of pyridine rings is 8. The van der Waals surface area contributed by atoms with Crippen LogP contribution in [0.2, 0.25) is 0 Å². The van der Waals surface area contributed by atoms with Gasteiger partial charge in [-0.1, -0.05) is 48.5 Å². The minimum absolute atomic E-state index is 0. The Morgan fingerprint density at radius 3 is 0.657 bits per heavy atom. The second-order valence-corrected chi connectivity index (χ2v) is 38.1. The first-order chi connectivity index (χ1) is 68.7. The van der Waals surface area contributed by atoms with Crippen molar-refractivity contribution in [2.75, 3.05) is 262 Å². The molecule has 0 spiro atoms. The first kappa shape index (κ1) is 118. The molecule has 0 bridgehead atoms. The number of amides is 4. The Labute approximate surface area is 878 Å². The van der Waals surface area contributed by atoms with E-state index in [1.165, 1.54) is 0 Å². The number of carbonyl (C=O) groups is 8. The predicted molar refractivity (Wildman–Crippen MR) is 549 cm³/mol. The van der Waals surface area contributed by atoms with Gasteiger partial charge in [0, 0.05) is 409 Å². The SMILES string of the molecule is CC(C)(C)OC(=O)CCN1CCN(CC(=O)NCCN(CCc2ccccn2)CCc2ccccn2)CCN(CC(=O)OC(C)(C)C)CCN(CC(=O)NCCN(CCc2ccccn2)CCc2ccccn2)CC1.O=C(O)CCN1CCN(CC(=O)NCCN(CCc2ccccn2)CCc2ccccn2)CCN(CC(=O)O)CCN(CC(=O)NCCN(CCc2ccccn2)CCc2ccccn2)CC1.[Gd]. The molecule has 143 heavy (non-hydrogen) atoms. The van der Waals surface area contributed by atoms with E-state index in [0.29, 0.717) is 170 Å². The molecule has 37 heteroatoms. The summed E-state index contributed by atoms with van der Waals surface area (Å²) in [5.74, 6) is -2.90. The number of carboxylic acid groups (broad SMARTS) is 2. The molecule has 0 atom stereocenters. The summed E-state index contributed by atoms with van der Waals surface area (Å²) in [6.45, 7) is 31.0. The van der Waals surface area contributed by atoms with Gasteiger partial charge in [-0.05, 0) is 139 Å². The van der Waals surface area contributed by atoms with Crippen LogP contribution >= 0.6 is 0 Å². The van der Waals surface area contributed by atoms with E-state index in [1.54, 1.807) is 24.8 Å². The minimum Gasteiger partial charge on any atom is -0.481 e. The second-order valence-electron chi connectivity index (χ2n) is 38.1. The molecule has 2 aliphatic heterocycles. The Kier molecular flexibility index (Phi) is 56.3. The first-order valence-electron chi connectivity index (χ1n) is 50.5. The topological polar surface area (TPSA) is 386 Å². The van der Waals surface area contributed by atoms with E-state index < -0.39 is 23.1 Å². The number of aromatic nitrogens is 8. The Morgan fingerprint density at radius 1 is 0.266 bits per heavy atom. The third-order valence-corrected chi connectivity index (χ3v) is 24.4. The van der Waals surface area contributed by atoms with Crippen LogP contribution < -0.4 is 21.3 Å². The van der Waals surface area contributed by atoms with Gasteiger partial charge < -0.3 is 70.4 Å². The van der Waals surface area contributed by atoms with E-state index >= 15 is 0 Å². The average Bonchev–Trinajstić information content (AvgIpc) is 0.889. The minimum atomic E-state index is -0.952. The van der Waals surface area contributed by atoms with Crippen LogP contribution in [-0.2, 0) is 99.2 Å². The molecule has 0 saturated carbocycles. The Hall–Kier alpha value is -10.2. The quantitative estimate of drug-likeness (QED) is 0.0278. The molecule has 0 aromatic carbocycles. The summed E-state index contributed by atoms with van der Waals surface area (Å²) in [5, 5.41) is 32.0. The summed E-state index contributed by atoms with van der Waals surface area (Å²) in [5.41, 5.74) is 6.85. The fourth-order valence-corrected chi connectivity index (χ4v) is 16.5. The van der Waals surface area contributed by atoms with Crippen molar-refractivity contribution in [3.05, 3.63) is 241 Å². The van der Waals surface area contributed by atoms with Crippen LogP contribution in [0.1, 0.15) is 99.9 Å². The summed E-state index contributed by atoms with van der Waals surface area (Å²) in [6, 6.07) is 47.4. The molecule has 6 N–H and O–H groups in total. The number of hydrogen-bond donors (Lipinski definition) is 6. The van der Waals surface area contributed by atoms with Crippen LogP contribution in [0.25, 0.3) is 0 Å². The van der Waals surface area contributed by atoms with Crippen LogP contribution in [0, 0.1) is 39.9 Å². The van der Waals surface area contributed by atoms with Crippen LogP contribution in [0.15, 0.2) is 195 Å². The summed E-state index contributed by atoms with van der Waals surface area (Å²) in [4.78, 5) is 166. The number of hydrogen-bond acceptors (Lipinski definition) is 30. The van der Waals surface area contributed by atoms with Gasteiger partial charge in [0.15, 0.2) is 0 Å². The van der Waals surface area contributed by atoms with E-state index in [0.717, 1.165) is 149 Å². The van der Waals surface area contributed by atoms with Crippen molar-refractivity contribution in [3.63, 3.8) is 0 Å². The molecule has 2 fully saturated rings. The van der Waals surface area contributed by atoms with Crippen molar-refractivity contribution >= 4 is 47.5 Å². The Morgan fingerprint density at radius 2 is 0.462 bits per heavy atom. The number of nitrogens with zero attached hydrogens (tertiary/aromatic N) is 20. The van der Waals surface area contributed by atoms with E-state index in [9.17, 15) is 48.6 Å². The third kappa shape index (κ3) is 54.5. The maximum Gasteiger partial charge on any atom is 0.320 e. The van der Waals surface area contributed by atoms with Gasteiger partial charge in [-0.2, -0.15) is 0 Å². The van der Waals surface area contributed by atoms with Gasteiger partial charge >= 0.3 is 23.9 Å². The molecule has 0 unspecified atom stereocenters. The van der Waals surface area contributed by atoms with Crippen molar-refractivity contribution < 1.29 is 98.0 Å². The van der Waals surface area contributed by atoms with Gasteiger partial charge in [0.1, 0.15) is 11.2 Å². The first-order valence-corrected chi connectivity index (χ1v) is 50.5. The summed E-state index contributed by atoms with van der Waals surface area (Å²) in [7, 11) is 0. The molecule has 780 valence electrons. The predicted octanol–water partition coefficient (Wildman–Crippen LogP) is 4.82. The monoisotopic (exact) mass is 2120 g/mol. The fourth-order valence-electron chi connectivity index (χ4n) is 16.5. The molecule has 0 radical (unpaired) electrons. The molecule has 0 aliphatic carbocycles. The molecule has 4 amide bonds. The molecule has 2 saturated heterocycles. The number of rotatable bonds is 54. The number of carbonyl (C=O) groups excluding carboxylic acids is 6. The largest absolute Gasteiger partial charge is 0.481 e. The van der Waals surface area contributed by atoms with E-state index in [2.05, 4.69) is 105 Å². The third-order valence-electron chi connectivity index (χ3n) is 24.4. The van der Waals surface area contributed by atoms with Crippen LogP contribution in [-0.4, -0.2) is 429 Å². The molecule has 36 nitrogen and oxygen atoms in total. The van der Waals surface area contributed by atoms with Gasteiger partial charge in [0.2, 0.25) is 23.6 Å². The van der Waals surface area contributed by atoms with Gasteiger partial charge in [-0.3, -0.25) is 108 Å². The molecule has 10 heterocycles. The van der Waals surface area contributed by atoms with Crippen molar-refractivity contribution in [1.82, 2.24) is 120 Å². The smallest absolute Gasteiger partial charge is 0.320 e. The normalized spacial score (nSPS) is 14.8. The zero-order valence-electron chi connectivity index (χ0n) is 85.1. The summed E-state index contributed by atoms with van der Waals surface area (Å²) < 4.78 is 11.5. The van der Waals surface area contributed by atoms with E-state index in [-0.39, 0.29) is 128 Å². The maximum absolute atomic E-state index is 13.8. The number of ether oxygens (including phenoxy) is 2. The fraction of sp³-hybridized carbons (Fsp3) is 0.547. The van der Waals surface area contributed by atoms with Crippen molar-refractivity contribution in [2.24, 2.45) is 0 Å². The van der Waals surface area contributed by atoms with Gasteiger partial charge in [0.05, 0.1) is 52.1 Å². The number of nitrogens with one attached hydrogen (secondary N) is 4. The molecule has 10 rings (SSSR count). The number of aliphatic carboxylic acids is 2. The van der Waals surface area contributed by atoms with Crippen molar-refractivity contribution in [2.45, 2.75) is 117 Å². The molecule has 8 aromatic heterocycles. The maximum atomic E-state index is 13.8. The van der Waals surface area contributed by atoms with Gasteiger partial charge in [-0.15, -0.1) is 0 Å². The Balaban J connectivity index is 0.000000349. The van der Waals surface area contributed by atoms with Crippen LogP contribution in [0.5, 0.6) is 0 Å². The average molecular weight is 2120 g/mol. The standard InChI is InChI=1S/C57H86N12O6.C49H70N12O6.Gd/c1-56(2,3)74-54(72)23-34-66-37-39-67(45-52(70)62-28-35-64(30-19-48-15-7-11-24-58-48)31-20-49-16-8-12-25-59-49)41-43-69(47-55(73)75-57(4,5)6)44-42-68(40-38-66)46-53(71)63-29-36-65(32-21-50-17-9-13-26-60-50)33-22-51-18-10-14-27-61-51;62-46(54-22-29-56(24-13-42-9-1-5-18-50-42)25-14-43-10-2-6-19-51-43)39-59-33-31-58(28-17-48(64)65)32-34-60(36-38-61(37-35-59)41-49(66)67)40-47(63)55-23-30-57(26-15-44-11-3-7-20-52-44)27-16-45-12-4-8-21-53-45;/h7-18,24-27H,19-23,28-47H2,1-6H3,(H,62,70)(H,63,71);1-12,18-21H,13-17,22-41H2,(H,54,62)(H,55,63)(H,64,65)(H,66,67);. The van der Waals surface area contributed by atoms with Crippen molar-refractivity contribution in [1.29, 1.82) is 0 Å². The molecule has 2 aliphatic rings. The van der Waals surface area contributed by atoms with Gasteiger partial charge in [-0.25, -0.2) is 0 Å². The van der Waals surface area contributed by atoms with Crippen molar-refractivity contribution in [3.8, 4) is 0 Å². The summed E-state index contributed by atoms with van der Waals surface area (Å²) >= 11 is 0.